The Morgan fingerprint density at radius 1 is 1.32 bits per heavy atom. The van der Waals surface area contributed by atoms with Gasteiger partial charge in [-0.1, -0.05) is 49.1 Å². The Balaban J connectivity index is 1.76. The molecule has 5 nitrogen and oxygen atoms in total. The van der Waals surface area contributed by atoms with E-state index in [1.807, 2.05) is 29.5 Å². The van der Waals surface area contributed by atoms with Gasteiger partial charge in [-0.25, -0.2) is 0 Å². The fraction of sp³-hybridized carbons (Fsp3) is 0.400. The van der Waals surface area contributed by atoms with Crippen LogP contribution in [0.5, 0.6) is 0 Å². The van der Waals surface area contributed by atoms with E-state index in [-0.39, 0.29) is 11.9 Å². The van der Waals surface area contributed by atoms with Crippen LogP contribution in [0.2, 0.25) is 0 Å². The summed E-state index contributed by atoms with van der Waals surface area (Å²) in [5.41, 5.74) is 1.09. The molecule has 22 heavy (non-hydrogen) atoms. The number of amides is 1. The molecule has 1 aromatic carbocycles. The molecule has 0 aliphatic carbocycles. The van der Waals surface area contributed by atoms with Gasteiger partial charge in [0.25, 0.3) is 0 Å². The molecule has 2 heterocycles. The minimum absolute atomic E-state index is 0.0301. The maximum Gasteiger partial charge on any atom is 0.230 e. The molecule has 3 rings (SSSR count). The molecule has 0 radical (unpaired) electrons. The predicted octanol–water partition coefficient (Wildman–Crippen LogP) is 3.20. The first-order chi connectivity index (χ1) is 10.6. The lowest BCUT2D eigenvalue weighted by molar-refractivity contribution is -0.119. The van der Waals surface area contributed by atoms with Crippen molar-refractivity contribution in [1.82, 2.24) is 19.9 Å². The molecule has 0 saturated carbocycles. The molecule has 2 aromatic heterocycles. The molecule has 3 aromatic rings. The number of rotatable bonds is 5. The van der Waals surface area contributed by atoms with Gasteiger partial charge >= 0.3 is 0 Å². The number of thioether (sulfide) groups is 1. The Hall–Kier alpha value is -1.60. The van der Waals surface area contributed by atoms with Crippen molar-refractivity contribution in [3.8, 4) is 0 Å². The lowest BCUT2D eigenvalue weighted by Crippen LogP contribution is -2.37. The third-order valence-corrected chi connectivity index (χ3v) is 5.57. The number of thiazole rings is 1. The van der Waals surface area contributed by atoms with E-state index in [4.69, 9.17) is 0 Å². The van der Waals surface area contributed by atoms with Crippen LogP contribution < -0.4 is 5.32 Å². The summed E-state index contributed by atoms with van der Waals surface area (Å²) in [4.78, 5) is 12.9. The Kier molecular flexibility index (Phi) is 4.35. The van der Waals surface area contributed by atoms with Crippen LogP contribution >= 0.6 is 23.1 Å². The van der Waals surface area contributed by atoms with Crippen molar-refractivity contribution in [3.05, 3.63) is 24.3 Å². The first-order valence-electron chi connectivity index (χ1n) is 7.21. The Labute approximate surface area is 137 Å². The van der Waals surface area contributed by atoms with Gasteiger partial charge in [-0.3, -0.25) is 9.20 Å². The molecule has 0 fully saturated rings. The number of para-hydroxylation sites is 1. The van der Waals surface area contributed by atoms with Crippen molar-refractivity contribution in [1.29, 1.82) is 0 Å². The van der Waals surface area contributed by atoms with E-state index in [0.29, 0.717) is 11.7 Å². The Morgan fingerprint density at radius 2 is 2.09 bits per heavy atom. The van der Waals surface area contributed by atoms with Gasteiger partial charge in [-0.15, -0.1) is 10.2 Å². The van der Waals surface area contributed by atoms with Crippen LogP contribution in [0.15, 0.2) is 29.4 Å². The van der Waals surface area contributed by atoms with Gasteiger partial charge in [-0.2, -0.15) is 0 Å². The molecule has 0 aliphatic heterocycles. The van der Waals surface area contributed by atoms with E-state index in [1.165, 1.54) is 16.5 Å². The monoisotopic (exact) mass is 334 g/mol. The maximum absolute atomic E-state index is 12.0. The van der Waals surface area contributed by atoms with Crippen molar-refractivity contribution >= 4 is 44.2 Å². The van der Waals surface area contributed by atoms with E-state index < -0.39 is 0 Å². The van der Waals surface area contributed by atoms with Crippen molar-refractivity contribution in [3.63, 3.8) is 0 Å². The number of nitrogens with one attached hydrogen (secondary N) is 1. The predicted molar refractivity (Wildman–Crippen MR) is 91.5 cm³/mol. The molecule has 1 N–H and O–H groups in total. The van der Waals surface area contributed by atoms with Crippen molar-refractivity contribution in [2.45, 2.75) is 32.0 Å². The maximum atomic E-state index is 12.0. The Bertz CT molecular complexity index is 808. The molecule has 0 saturated heterocycles. The highest BCUT2D eigenvalue weighted by atomic mass is 32.2. The molecular formula is C15H18N4OS2. The molecule has 116 valence electrons. The standard InChI is InChI=1S/C15H18N4OS2/c1-9(2)10(3)16-13(20)8-21-14-17-18-15-19(14)11-6-4-5-7-12(11)22-15/h4-7,9-10H,8H2,1-3H3,(H,16,20). The summed E-state index contributed by atoms with van der Waals surface area (Å²) in [5, 5.41) is 12.2. The summed E-state index contributed by atoms with van der Waals surface area (Å²) in [6, 6.07) is 8.31. The summed E-state index contributed by atoms with van der Waals surface area (Å²) in [6.07, 6.45) is 0. The second-order valence-electron chi connectivity index (χ2n) is 5.56. The smallest absolute Gasteiger partial charge is 0.230 e. The summed E-state index contributed by atoms with van der Waals surface area (Å²) in [6.45, 7) is 6.21. The quantitative estimate of drug-likeness (QED) is 0.728. The van der Waals surface area contributed by atoms with E-state index in [9.17, 15) is 4.79 Å². The van der Waals surface area contributed by atoms with Crippen LogP contribution in [-0.2, 0) is 4.79 Å². The van der Waals surface area contributed by atoms with Crippen LogP contribution in [0.1, 0.15) is 20.8 Å². The number of hydrogen-bond donors (Lipinski definition) is 1. The second-order valence-corrected chi connectivity index (χ2v) is 7.51. The van der Waals surface area contributed by atoms with Gasteiger partial charge in [0.2, 0.25) is 10.9 Å². The number of carbonyl (C=O) groups is 1. The zero-order valence-electron chi connectivity index (χ0n) is 12.7. The van der Waals surface area contributed by atoms with E-state index >= 15 is 0 Å². The van der Waals surface area contributed by atoms with Crippen LogP contribution in [0.3, 0.4) is 0 Å². The fourth-order valence-electron chi connectivity index (χ4n) is 2.04. The van der Waals surface area contributed by atoms with Crippen molar-refractivity contribution in [2.75, 3.05) is 5.75 Å². The fourth-order valence-corrected chi connectivity index (χ4v) is 3.82. The second kappa shape index (κ2) is 6.26. The number of nitrogens with zero attached hydrogens (tertiary/aromatic N) is 3. The summed E-state index contributed by atoms with van der Waals surface area (Å²) in [5.74, 6) is 0.805. The third-order valence-electron chi connectivity index (χ3n) is 3.63. The van der Waals surface area contributed by atoms with E-state index in [2.05, 4.69) is 35.4 Å². The Morgan fingerprint density at radius 3 is 2.86 bits per heavy atom. The highest BCUT2D eigenvalue weighted by molar-refractivity contribution is 7.99. The summed E-state index contributed by atoms with van der Waals surface area (Å²) < 4.78 is 3.19. The molecule has 0 aliphatic rings. The summed E-state index contributed by atoms with van der Waals surface area (Å²) in [7, 11) is 0. The number of hydrogen-bond acceptors (Lipinski definition) is 5. The highest BCUT2D eigenvalue weighted by Crippen LogP contribution is 2.29. The first kappa shape index (κ1) is 15.3. The number of aromatic nitrogens is 3. The molecule has 1 atom stereocenters. The van der Waals surface area contributed by atoms with Gasteiger partial charge in [-0.05, 0) is 25.0 Å². The molecule has 0 bridgehead atoms. The van der Waals surface area contributed by atoms with Crippen molar-refractivity contribution in [2.24, 2.45) is 5.92 Å². The van der Waals surface area contributed by atoms with E-state index in [0.717, 1.165) is 15.6 Å². The lowest BCUT2D eigenvalue weighted by atomic mass is 10.1. The lowest BCUT2D eigenvalue weighted by Gasteiger charge is -2.16. The zero-order valence-corrected chi connectivity index (χ0v) is 14.4. The number of carbonyl (C=O) groups excluding carboxylic acids is 1. The molecular weight excluding hydrogens is 316 g/mol. The van der Waals surface area contributed by atoms with Crippen LogP contribution in [0, 0.1) is 5.92 Å². The SMILES string of the molecule is CC(C)C(C)NC(=O)CSc1nnc2sc3ccccc3n12. The van der Waals surface area contributed by atoms with Gasteiger partial charge in [0, 0.05) is 6.04 Å². The average Bonchev–Trinajstić information content (AvgIpc) is 3.04. The summed E-state index contributed by atoms with van der Waals surface area (Å²) >= 11 is 3.03. The molecule has 1 unspecified atom stereocenters. The minimum Gasteiger partial charge on any atom is -0.353 e. The van der Waals surface area contributed by atoms with Gasteiger partial charge < -0.3 is 5.32 Å². The zero-order chi connectivity index (χ0) is 15.7. The molecule has 1 amide bonds. The third kappa shape index (κ3) is 2.96. The van der Waals surface area contributed by atoms with Crippen LogP contribution in [0.25, 0.3) is 15.2 Å². The molecule has 0 spiro atoms. The van der Waals surface area contributed by atoms with Crippen LogP contribution in [0.4, 0.5) is 0 Å². The van der Waals surface area contributed by atoms with Gasteiger partial charge in [0.05, 0.1) is 16.0 Å². The average molecular weight is 334 g/mol. The number of fused-ring (bicyclic) bond motifs is 3. The van der Waals surface area contributed by atoms with Crippen LogP contribution in [-0.4, -0.2) is 32.3 Å². The highest BCUT2D eigenvalue weighted by Gasteiger charge is 2.15. The molecule has 7 heteroatoms. The minimum atomic E-state index is 0.0301. The number of benzene rings is 1. The van der Waals surface area contributed by atoms with Gasteiger partial charge in [0.15, 0.2) is 5.16 Å². The first-order valence-corrected chi connectivity index (χ1v) is 9.01. The topological polar surface area (TPSA) is 59.3 Å². The normalized spacial score (nSPS) is 13.1. The van der Waals surface area contributed by atoms with Gasteiger partial charge in [0.1, 0.15) is 0 Å². The van der Waals surface area contributed by atoms with Crippen molar-refractivity contribution < 1.29 is 4.79 Å². The largest absolute Gasteiger partial charge is 0.353 e. The van der Waals surface area contributed by atoms with E-state index in [1.54, 1.807) is 11.3 Å².